The second-order valence-electron chi connectivity index (χ2n) is 5.83. The third kappa shape index (κ3) is 3.84. The monoisotopic (exact) mass is 343 g/mol. The number of carbonyl (C=O) groups is 1. The first-order valence-electron chi connectivity index (χ1n) is 8.03. The molecule has 3 aromatic rings. The van der Waals surface area contributed by atoms with Gasteiger partial charge in [0.25, 0.3) is 5.91 Å². The Kier molecular flexibility index (Phi) is 4.90. The molecule has 2 aromatic carbocycles. The zero-order chi connectivity index (χ0) is 18.5. The summed E-state index contributed by atoms with van der Waals surface area (Å²) in [6, 6.07) is 16.5. The Morgan fingerprint density at radius 1 is 1.04 bits per heavy atom. The number of rotatable bonds is 4. The van der Waals surface area contributed by atoms with Crippen LogP contribution in [0.5, 0.6) is 0 Å². The van der Waals surface area contributed by atoms with Crippen molar-refractivity contribution in [2.75, 3.05) is 10.6 Å². The Bertz CT molecular complexity index is 987. The van der Waals surface area contributed by atoms with Crippen LogP contribution in [0.1, 0.15) is 27.2 Å². The molecule has 3 rings (SSSR count). The number of aryl methyl sites for hydroxylation is 2. The quantitative estimate of drug-likeness (QED) is 0.748. The lowest BCUT2D eigenvalue weighted by Gasteiger charge is -2.11. The number of para-hydroxylation sites is 1. The summed E-state index contributed by atoms with van der Waals surface area (Å²) >= 11 is 0. The van der Waals surface area contributed by atoms with Crippen molar-refractivity contribution in [2.24, 2.45) is 0 Å². The van der Waals surface area contributed by atoms with Crippen molar-refractivity contribution in [3.8, 4) is 6.07 Å². The third-order valence-corrected chi connectivity index (χ3v) is 3.88. The number of carbonyl (C=O) groups excluding carboxylic acids is 1. The summed E-state index contributed by atoms with van der Waals surface area (Å²) < 4.78 is 0. The third-order valence-electron chi connectivity index (χ3n) is 3.88. The van der Waals surface area contributed by atoms with Crippen molar-refractivity contribution in [3.63, 3.8) is 0 Å². The van der Waals surface area contributed by atoms with E-state index >= 15 is 0 Å². The van der Waals surface area contributed by atoms with E-state index in [1.807, 2.05) is 38.1 Å². The number of amides is 1. The minimum Gasteiger partial charge on any atom is -0.340 e. The Morgan fingerprint density at radius 2 is 1.77 bits per heavy atom. The van der Waals surface area contributed by atoms with Crippen LogP contribution in [-0.4, -0.2) is 15.9 Å². The highest BCUT2D eigenvalue weighted by atomic mass is 16.1. The van der Waals surface area contributed by atoms with Gasteiger partial charge in [0, 0.05) is 17.4 Å². The molecule has 0 aliphatic rings. The van der Waals surface area contributed by atoms with Gasteiger partial charge in [0.15, 0.2) is 0 Å². The van der Waals surface area contributed by atoms with Gasteiger partial charge in [-0.15, -0.1) is 0 Å². The van der Waals surface area contributed by atoms with Gasteiger partial charge in [-0.05, 0) is 43.2 Å². The number of nitriles is 1. The fourth-order valence-electron chi connectivity index (χ4n) is 2.55. The first-order chi connectivity index (χ1) is 12.6. The van der Waals surface area contributed by atoms with Gasteiger partial charge in [-0.2, -0.15) is 5.26 Å². The molecule has 26 heavy (non-hydrogen) atoms. The normalized spacial score (nSPS) is 10.0. The van der Waals surface area contributed by atoms with Crippen LogP contribution in [0.3, 0.4) is 0 Å². The Labute approximate surface area is 151 Å². The first kappa shape index (κ1) is 17.1. The van der Waals surface area contributed by atoms with E-state index in [2.05, 4.69) is 26.7 Å². The van der Waals surface area contributed by atoms with Gasteiger partial charge in [-0.1, -0.05) is 24.3 Å². The van der Waals surface area contributed by atoms with Crippen LogP contribution < -0.4 is 10.6 Å². The summed E-state index contributed by atoms with van der Waals surface area (Å²) in [6.07, 6.45) is 1.33. The van der Waals surface area contributed by atoms with Gasteiger partial charge in [0.1, 0.15) is 17.8 Å². The van der Waals surface area contributed by atoms with E-state index < -0.39 is 0 Å². The van der Waals surface area contributed by atoms with Crippen LogP contribution >= 0.6 is 0 Å². The zero-order valence-corrected chi connectivity index (χ0v) is 14.4. The number of nitrogens with one attached hydrogen (secondary N) is 2. The summed E-state index contributed by atoms with van der Waals surface area (Å²) in [4.78, 5) is 20.7. The van der Waals surface area contributed by atoms with Crippen molar-refractivity contribution < 1.29 is 4.79 Å². The zero-order valence-electron chi connectivity index (χ0n) is 14.4. The molecular formula is C20H17N5O. The SMILES string of the molecule is Cc1cccc(C)c1NC(=O)c1cc(Nc2cccc(C#N)c2)ncn1. The molecule has 6 heteroatoms. The molecule has 0 bridgehead atoms. The number of nitrogens with zero attached hydrogens (tertiary/aromatic N) is 3. The lowest BCUT2D eigenvalue weighted by atomic mass is 10.1. The summed E-state index contributed by atoms with van der Waals surface area (Å²) in [6.45, 7) is 3.88. The summed E-state index contributed by atoms with van der Waals surface area (Å²) in [5, 5.41) is 15.0. The predicted molar refractivity (Wildman–Crippen MR) is 100 cm³/mol. The molecule has 0 atom stereocenters. The van der Waals surface area contributed by atoms with Crippen LogP contribution in [-0.2, 0) is 0 Å². The largest absolute Gasteiger partial charge is 0.340 e. The first-order valence-corrected chi connectivity index (χ1v) is 8.03. The number of benzene rings is 2. The van der Waals surface area contributed by atoms with E-state index in [-0.39, 0.29) is 11.6 Å². The minimum absolute atomic E-state index is 0.251. The van der Waals surface area contributed by atoms with E-state index in [0.29, 0.717) is 17.1 Å². The van der Waals surface area contributed by atoms with Crippen molar-refractivity contribution in [2.45, 2.75) is 13.8 Å². The lowest BCUT2D eigenvalue weighted by Crippen LogP contribution is -2.15. The van der Waals surface area contributed by atoms with Crippen LogP contribution in [0, 0.1) is 25.2 Å². The molecule has 1 aromatic heterocycles. The molecule has 128 valence electrons. The molecule has 0 radical (unpaired) electrons. The molecule has 0 aliphatic heterocycles. The molecule has 1 heterocycles. The van der Waals surface area contributed by atoms with E-state index in [1.165, 1.54) is 6.33 Å². The standard InChI is InChI=1S/C20H17N5O/c1-13-5-3-6-14(2)19(13)25-20(26)17-10-18(23-12-22-17)24-16-8-4-7-15(9-16)11-21/h3-10,12H,1-2H3,(H,25,26)(H,22,23,24). The molecule has 1 amide bonds. The van der Waals surface area contributed by atoms with E-state index in [9.17, 15) is 4.79 Å². The second-order valence-corrected chi connectivity index (χ2v) is 5.83. The van der Waals surface area contributed by atoms with Gasteiger partial charge < -0.3 is 10.6 Å². The van der Waals surface area contributed by atoms with Crippen molar-refractivity contribution >= 4 is 23.1 Å². The molecule has 0 fully saturated rings. The Balaban J connectivity index is 1.80. The van der Waals surface area contributed by atoms with Gasteiger partial charge in [0.05, 0.1) is 11.6 Å². The minimum atomic E-state index is -0.307. The number of aromatic nitrogens is 2. The van der Waals surface area contributed by atoms with Gasteiger partial charge in [-0.25, -0.2) is 9.97 Å². The van der Waals surface area contributed by atoms with E-state index in [1.54, 1.807) is 24.3 Å². The van der Waals surface area contributed by atoms with Gasteiger partial charge in [0.2, 0.25) is 0 Å². The topological polar surface area (TPSA) is 90.7 Å². The van der Waals surface area contributed by atoms with Gasteiger partial charge in [-0.3, -0.25) is 4.79 Å². The van der Waals surface area contributed by atoms with E-state index in [0.717, 1.165) is 16.8 Å². The Morgan fingerprint density at radius 3 is 2.50 bits per heavy atom. The number of hydrogen-bond donors (Lipinski definition) is 2. The van der Waals surface area contributed by atoms with Crippen LogP contribution in [0.4, 0.5) is 17.2 Å². The average Bonchev–Trinajstić information content (AvgIpc) is 2.65. The molecular weight excluding hydrogens is 326 g/mol. The van der Waals surface area contributed by atoms with Crippen LogP contribution in [0.25, 0.3) is 0 Å². The van der Waals surface area contributed by atoms with Crippen molar-refractivity contribution in [1.82, 2.24) is 9.97 Å². The van der Waals surface area contributed by atoms with Crippen LogP contribution in [0.15, 0.2) is 54.9 Å². The molecule has 0 unspecified atom stereocenters. The summed E-state index contributed by atoms with van der Waals surface area (Å²) in [5.74, 6) is 0.167. The molecule has 0 saturated carbocycles. The fraction of sp³-hybridized carbons (Fsp3) is 0.100. The maximum Gasteiger partial charge on any atom is 0.274 e. The van der Waals surface area contributed by atoms with E-state index in [4.69, 9.17) is 5.26 Å². The molecule has 0 saturated heterocycles. The molecule has 2 N–H and O–H groups in total. The van der Waals surface area contributed by atoms with Crippen molar-refractivity contribution in [1.29, 1.82) is 5.26 Å². The number of hydrogen-bond acceptors (Lipinski definition) is 5. The number of anilines is 3. The average molecular weight is 343 g/mol. The molecule has 6 nitrogen and oxygen atoms in total. The highest BCUT2D eigenvalue weighted by molar-refractivity contribution is 6.04. The summed E-state index contributed by atoms with van der Waals surface area (Å²) in [5.41, 5.74) is 4.26. The van der Waals surface area contributed by atoms with Crippen molar-refractivity contribution in [3.05, 3.63) is 77.2 Å². The molecule has 0 spiro atoms. The van der Waals surface area contributed by atoms with Crippen LogP contribution in [0.2, 0.25) is 0 Å². The predicted octanol–water partition coefficient (Wildman–Crippen LogP) is 3.96. The summed E-state index contributed by atoms with van der Waals surface area (Å²) in [7, 11) is 0. The fourth-order valence-corrected chi connectivity index (χ4v) is 2.55. The maximum atomic E-state index is 12.6. The lowest BCUT2D eigenvalue weighted by molar-refractivity contribution is 0.102. The second kappa shape index (κ2) is 7.45. The highest BCUT2D eigenvalue weighted by Gasteiger charge is 2.12. The Hall–Kier alpha value is -3.72. The highest BCUT2D eigenvalue weighted by Crippen LogP contribution is 2.21. The molecule has 0 aliphatic carbocycles. The maximum absolute atomic E-state index is 12.6. The van der Waals surface area contributed by atoms with Gasteiger partial charge >= 0.3 is 0 Å². The smallest absolute Gasteiger partial charge is 0.274 e.